The van der Waals surface area contributed by atoms with E-state index in [0.29, 0.717) is 5.69 Å². The summed E-state index contributed by atoms with van der Waals surface area (Å²) >= 11 is 1.10. The van der Waals surface area contributed by atoms with Gasteiger partial charge in [0.15, 0.2) is 5.13 Å². The lowest BCUT2D eigenvalue weighted by Crippen LogP contribution is -2.13. The van der Waals surface area contributed by atoms with Gasteiger partial charge in [0.05, 0.1) is 16.2 Å². The van der Waals surface area contributed by atoms with Crippen LogP contribution in [0, 0.1) is 6.92 Å². The van der Waals surface area contributed by atoms with Crippen molar-refractivity contribution in [3.63, 3.8) is 0 Å². The Morgan fingerprint density at radius 3 is 2.25 bits per heavy atom. The highest BCUT2D eigenvalue weighted by molar-refractivity contribution is 7.93. The van der Waals surface area contributed by atoms with Crippen molar-refractivity contribution in [2.24, 2.45) is 0 Å². The average Bonchev–Trinajstić information content (AvgIpc) is 2.73. The normalized spacial score (nSPS) is 12.4. The molecule has 0 saturated carbocycles. The SMILES string of the molecule is Cc1csc(NS(=O)(=O)c2ccc(C(F)(F)F)cc2)n1. The number of anilines is 1. The predicted octanol–water partition coefficient (Wildman–Crippen LogP) is 3.27. The summed E-state index contributed by atoms with van der Waals surface area (Å²) in [7, 11) is -3.93. The van der Waals surface area contributed by atoms with Crippen molar-refractivity contribution in [3.05, 3.63) is 40.9 Å². The van der Waals surface area contributed by atoms with Gasteiger partial charge in [-0.3, -0.25) is 4.72 Å². The van der Waals surface area contributed by atoms with Gasteiger partial charge in [-0.1, -0.05) is 0 Å². The number of nitrogens with zero attached hydrogens (tertiary/aromatic N) is 1. The fraction of sp³-hybridized carbons (Fsp3) is 0.182. The smallest absolute Gasteiger partial charge is 0.255 e. The number of hydrogen-bond acceptors (Lipinski definition) is 4. The van der Waals surface area contributed by atoms with Crippen molar-refractivity contribution in [1.82, 2.24) is 4.98 Å². The summed E-state index contributed by atoms with van der Waals surface area (Å²) in [6.07, 6.45) is -4.50. The molecule has 0 aliphatic carbocycles. The fourth-order valence-corrected chi connectivity index (χ4v) is 3.34. The molecule has 1 heterocycles. The maximum atomic E-state index is 12.4. The molecule has 20 heavy (non-hydrogen) atoms. The minimum atomic E-state index is -4.50. The van der Waals surface area contributed by atoms with Crippen LogP contribution in [0.15, 0.2) is 34.5 Å². The van der Waals surface area contributed by atoms with Crippen molar-refractivity contribution in [2.45, 2.75) is 18.0 Å². The maximum Gasteiger partial charge on any atom is 0.416 e. The molecule has 0 aliphatic heterocycles. The summed E-state index contributed by atoms with van der Waals surface area (Å²) in [6, 6.07) is 3.26. The Hall–Kier alpha value is -1.61. The summed E-state index contributed by atoms with van der Waals surface area (Å²) in [6.45, 7) is 1.70. The van der Waals surface area contributed by atoms with Gasteiger partial charge in [-0.2, -0.15) is 13.2 Å². The van der Waals surface area contributed by atoms with Crippen LogP contribution in [0.4, 0.5) is 18.3 Å². The third-order valence-electron chi connectivity index (χ3n) is 2.33. The lowest BCUT2D eigenvalue weighted by Gasteiger charge is -2.08. The minimum Gasteiger partial charge on any atom is -0.255 e. The zero-order valence-corrected chi connectivity index (χ0v) is 11.7. The molecule has 4 nitrogen and oxygen atoms in total. The Bertz CT molecular complexity index is 706. The average molecular weight is 322 g/mol. The van der Waals surface area contributed by atoms with Crippen LogP contribution in [0.2, 0.25) is 0 Å². The second-order valence-corrected chi connectivity index (χ2v) is 6.46. The Kier molecular flexibility index (Phi) is 3.74. The van der Waals surface area contributed by atoms with Crippen molar-refractivity contribution in [2.75, 3.05) is 4.72 Å². The first-order valence-electron chi connectivity index (χ1n) is 5.31. The van der Waals surface area contributed by atoms with Gasteiger partial charge < -0.3 is 0 Å². The second kappa shape index (κ2) is 5.06. The van der Waals surface area contributed by atoms with E-state index in [4.69, 9.17) is 0 Å². The van der Waals surface area contributed by atoms with Gasteiger partial charge in [-0.05, 0) is 31.2 Å². The largest absolute Gasteiger partial charge is 0.416 e. The number of rotatable bonds is 3. The first kappa shape index (κ1) is 14.8. The van der Waals surface area contributed by atoms with E-state index in [-0.39, 0.29) is 10.0 Å². The van der Waals surface area contributed by atoms with Crippen LogP contribution in [0.5, 0.6) is 0 Å². The van der Waals surface area contributed by atoms with E-state index >= 15 is 0 Å². The second-order valence-electron chi connectivity index (χ2n) is 3.92. The molecule has 0 bridgehead atoms. The summed E-state index contributed by atoms with van der Waals surface area (Å²) in [5.74, 6) is 0. The number of sulfonamides is 1. The molecular formula is C11H9F3N2O2S2. The molecule has 0 amide bonds. The number of hydrogen-bond donors (Lipinski definition) is 1. The van der Waals surface area contributed by atoms with E-state index < -0.39 is 21.8 Å². The minimum absolute atomic E-state index is 0.169. The number of thiazole rings is 1. The van der Waals surface area contributed by atoms with Crippen LogP contribution in [0.25, 0.3) is 0 Å². The molecule has 0 atom stereocenters. The van der Waals surface area contributed by atoms with Crippen LogP contribution in [0.3, 0.4) is 0 Å². The zero-order valence-electron chi connectivity index (χ0n) is 10.1. The Morgan fingerprint density at radius 1 is 1.20 bits per heavy atom. The third kappa shape index (κ3) is 3.28. The van der Waals surface area contributed by atoms with Crippen molar-refractivity contribution < 1.29 is 21.6 Å². The number of aromatic nitrogens is 1. The summed E-state index contributed by atoms with van der Waals surface area (Å²) in [5, 5.41) is 1.83. The molecule has 1 N–H and O–H groups in total. The van der Waals surface area contributed by atoms with Crippen LogP contribution >= 0.6 is 11.3 Å². The molecule has 2 aromatic rings. The first-order valence-corrected chi connectivity index (χ1v) is 7.67. The predicted molar refractivity (Wildman–Crippen MR) is 69.1 cm³/mol. The molecule has 0 aliphatic rings. The molecule has 108 valence electrons. The van der Waals surface area contributed by atoms with Gasteiger partial charge in [-0.15, -0.1) is 11.3 Å². The molecular weight excluding hydrogens is 313 g/mol. The van der Waals surface area contributed by atoms with E-state index in [2.05, 4.69) is 9.71 Å². The molecule has 0 saturated heterocycles. The lowest BCUT2D eigenvalue weighted by atomic mass is 10.2. The standard InChI is InChI=1S/C11H9F3N2O2S2/c1-7-6-19-10(15-7)16-20(17,18)9-4-2-8(3-5-9)11(12,13)14/h2-6H,1H3,(H,15,16). The Labute approximate surface area is 117 Å². The summed E-state index contributed by atoms with van der Waals surface area (Å²) in [4.78, 5) is 3.67. The quantitative estimate of drug-likeness (QED) is 0.943. The van der Waals surface area contributed by atoms with Crippen molar-refractivity contribution in [1.29, 1.82) is 0 Å². The zero-order chi connectivity index (χ0) is 15.0. The van der Waals surface area contributed by atoms with Gasteiger partial charge in [0.25, 0.3) is 10.0 Å². The molecule has 0 spiro atoms. The molecule has 0 fully saturated rings. The number of aryl methyl sites for hydroxylation is 1. The number of benzene rings is 1. The molecule has 0 unspecified atom stereocenters. The monoisotopic (exact) mass is 322 g/mol. The topological polar surface area (TPSA) is 59.1 Å². The van der Waals surface area contributed by atoms with E-state index in [1.165, 1.54) is 0 Å². The molecule has 2 rings (SSSR count). The fourth-order valence-electron chi connectivity index (χ4n) is 1.40. The van der Waals surface area contributed by atoms with E-state index in [1.54, 1.807) is 12.3 Å². The highest BCUT2D eigenvalue weighted by atomic mass is 32.2. The molecule has 9 heteroatoms. The number of nitrogens with one attached hydrogen (secondary N) is 1. The highest BCUT2D eigenvalue weighted by Crippen LogP contribution is 2.30. The van der Waals surface area contributed by atoms with Crippen molar-refractivity contribution in [3.8, 4) is 0 Å². The highest BCUT2D eigenvalue weighted by Gasteiger charge is 2.30. The lowest BCUT2D eigenvalue weighted by molar-refractivity contribution is -0.137. The van der Waals surface area contributed by atoms with Gasteiger partial charge in [0, 0.05) is 5.38 Å². The Balaban J connectivity index is 2.26. The summed E-state index contributed by atoms with van der Waals surface area (Å²) < 4.78 is 63.3. The third-order valence-corrected chi connectivity index (χ3v) is 4.69. The van der Waals surface area contributed by atoms with Gasteiger partial charge in [-0.25, -0.2) is 13.4 Å². The van der Waals surface area contributed by atoms with Crippen molar-refractivity contribution >= 4 is 26.5 Å². The van der Waals surface area contributed by atoms with Crippen LogP contribution in [-0.4, -0.2) is 13.4 Å². The van der Waals surface area contributed by atoms with Gasteiger partial charge >= 0.3 is 6.18 Å². The van der Waals surface area contributed by atoms with Crippen LogP contribution < -0.4 is 4.72 Å². The van der Waals surface area contributed by atoms with Gasteiger partial charge in [0.1, 0.15) is 0 Å². The van der Waals surface area contributed by atoms with Gasteiger partial charge in [0.2, 0.25) is 0 Å². The Morgan fingerprint density at radius 2 is 1.80 bits per heavy atom. The first-order chi connectivity index (χ1) is 9.18. The number of halogens is 3. The summed E-state index contributed by atoms with van der Waals surface area (Å²) in [5.41, 5.74) is -0.248. The number of alkyl halides is 3. The van der Waals surface area contributed by atoms with E-state index in [0.717, 1.165) is 35.6 Å². The van der Waals surface area contributed by atoms with E-state index in [1.807, 2.05) is 0 Å². The van der Waals surface area contributed by atoms with Crippen LogP contribution in [0.1, 0.15) is 11.3 Å². The van der Waals surface area contributed by atoms with E-state index in [9.17, 15) is 21.6 Å². The molecule has 1 aromatic heterocycles. The molecule has 1 aromatic carbocycles. The maximum absolute atomic E-state index is 12.4. The van der Waals surface area contributed by atoms with Crippen LogP contribution in [-0.2, 0) is 16.2 Å². The molecule has 0 radical (unpaired) electrons.